The molecule has 0 aromatic heterocycles. The third kappa shape index (κ3) is 4.88. The largest absolute Gasteiger partial charge is 0.506 e. The van der Waals surface area contributed by atoms with E-state index in [1.807, 2.05) is 0 Å². The number of carbonyl (C=O) groups excluding carboxylic acids is 3. The van der Waals surface area contributed by atoms with Crippen molar-refractivity contribution < 1.29 is 33.7 Å². The number of fused-ring (bicyclic) bond motifs is 1. The highest BCUT2D eigenvalue weighted by atomic mass is 16.5. The van der Waals surface area contributed by atoms with Gasteiger partial charge in [0, 0.05) is 0 Å². The number of phenols is 1. The topological polar surface area (TPSA) is 137 Å². The Labute approximate surface area is 154 Å². The lowest BCUT2D eigenvalue weighted by Crippen LogP contribution is -2.25. The number of rotatable bonds is 2. The van der Waals surface area contributed by atoms with Crippen molar-refractivity contribution in [1.82, 2.24) is 0 Å². The number of nitrogens with one attached hydrogen (secondary N) is 1. The van der Waals surface area contributed by atoms with Crippen molar-refractivity contribution in [3.8, 4) is 11.5 Å². The minimum absolute atomic E-state index is 0.00453. The number of amides is 1. The van der Waals surface area contributed by atoms with E-state index in [0.717, 1.165) is 0 Å². The van der Waals surface area contributed by atoms with E-state index in [1.165, 1.54) is 38.5 Å². The third-order valence-electron chi connectivity index (χ3n) is 3.48. The molecule has 0 bridgehead atoms. The lowest BCUT2D eigenvalue weighted by atomic mass is 10.1. The minimum Gasteiger partial charge on any atom is -0.506 e. The Morgan fingerprint density at radius 2 is 1.67 bits per heavy atom. The van der Waals surface area contributed by atoms with Crippen LogP contribution in [0.5, 0.6) is 11.5 Å². The maximum absolute atomic E-state index is 11.2. The molecule has 1 aliphatic heterocycles. The number of ether oxygens (including phenoxy) is 3. The molecule has 1 heterocycles. The first-order valence-corrected chi connectivity index (χ1v) is 7.67. The molecule has 3 rings (SSSR count). The van der Waals surface area contributed by atoms with Gasteiger partial charge in [-0.3, -0.25) is 4.79 Å². The first-order chi connectivity index (χ1) is 12.8. The van der Waals surface area contributed by atoms with Crippen molar-refractivity contribution in [2.75, 3.05) is 31.9 Å². The molecule has 2 aromatic rings. The Balaban J connectivity index is 0.000000199. The molecule has 0 saturated heterocycles. The second kappa shape index (κ2) is 8.56. The Morgan fingerprint density at radius 1 is 1.07 bits per heavy atom. The monoisotopic (exact) mass is 374 g/mol. The molecule has 0 unspecified atom stereocenters. The quantitative estimate of drug-likeness (QED) is 0.409. The predicted octanol–water partition coefficient (Wildman–Crippen LogP) is 1.57. The summed E-state index contributed by atoms with van der Waals surface area (Å²) in [6, 6.07) is 8.89. The Kier molecular flexibility index (Phi) is 6.21. The van der Waals surface area contributed by atoms with Gasteiger partial charge in [0.25, 0.3) is 5.91 Å². The van der Waals surface area contributed by atoms with Gasteiger partial charge in [0.1, 0.15) is 11.5 Å². The van der Waals surface area contributed by atoms with Crippen molar-refractivity contribution in [2.24, 2.45) is 0 Å². The fourth-order valence-electron chi connectivity index (χ4n) is 2.13. The highest BCUT2D eigenvalue weighted by Crippen LogP contribution is 2.28. The van der Waals surface area contributed by atoms with Gasteiger partial charge >= 0.3 is 11.9 Å². The van der Waals surface area contributed by atoms with Gasteiger partial charge in [0.2, 0.25) is 0 Å². The van der Waals surface area contributed by atoms with Crippen LogP contribution >= 0.6 is 0 Å². The first-order valence-electron chi connectivity index (χ1n) is 7.67. The van der Waals surface area contributed by atoms with Crippen LogP contribution in [0, 0.1) is 0 Å². The number of benzene rings is 2. The summed E-state index contributed by atoms with van der Waals surface area (Å²) in [6.45, 7) is 0.00453. The van der Waals surface area contributed by atoms with Crippen molar-refractivity contribution in [3.05, 3.63) is 47.5 Å². The van der Waals surface area contributed by atoms with Crippen molar-refractivity contribution in [2.45, 2.75) is 0 Å². The van der Waals surface area contributed by atoms with Crippen LogP contribution in [-0.2, 0) is 14.3 Å². The van der Waals surface area contributed by atoms with Crippen molar-refractivity contribution in [1.29, 1.82) is 0 Å². The van der Waals surface area contributed by atoms with E-state index >= 15 is 0 Å². The smallest absolute Gasteiger partial charge is 0.337 e. The lowest BCUT2D eigenvalue weighted by Gasteiger charge is -2.17. The van der Waals surface area contributed by atoms with Crippen LogP contribution in [0.25, 0.3) is 0 Å². The fourth-order valence-corrected chi connectivity index (χ4v) is 2.13. The molecule has 9 nitrogen and oxygen atoms in total. The number of methoxy groups -OCH3 is 2. The molecule has 142 valence electrons. The van der Waals surface area contributed by atoms with Gasteiger partial charge in [-0.05, 0) is 36.4 Å². The van der Waals surface area contributed by atoms with Crippen LogP contribution in [0.15, 0.2) is 36.4 Å². The van der Waals surface area contributed by atoms with Crippen LogP contribution in [0.4, 0.5) is 11.4 Å². The number of hydrogen-bond donors (Lipinski definition) is 3. The molecule has 0 radical (unpaired) electrons. The second-order valence-corrected chi connectivity index (χ2v) is 5.30. The maximum Gasteiger partial charge on any atom is 0.337 e. The molecule has 2 aromatic carbocycles. The average molecular weight is 374 g/mol. The fraction of sp³-hybridized carbons (Fsp3) is 0.167. The molecule has 4 N–H and O–H groups in total. The van der Waals surface area contributed by atoms with E-state index in [0.29, 0.717) is 22.6 Å². The standard InChI is InChI=1S/C10H9NO4.C8H9NO3/c1-14-10(13)6-2-3-8-7(4-6)11-9(12)5-15-8;1-12-8(11)5-2-3-7(10)6(9)4-5/h2-4H,5H2,1H3,(H,11,12);2-4,10H,9H2,1H3. The Morgan fingerprint density at radius 3 is 2.26 bits per heavy atom. The number of nitrogens with two attached hydrogens (primary N) is 1. The maximum atomic E-state index is 11.2. The van der Waals surface area contributed by atoms with Crippen LogP contribution in [0.3, 0.4) is 0 Å². The summed E-state index contributed by atoms with van der Waals surface area (Å²) >= 11 is 0. The Hall–Kier alpha value is -3.75. The molecule has 9 heteroatoms. The first kappa shape index (κ1) is 19.6. The molecular formula is C18H18N2O7. The zero-order chi connectivity index (χ0) is 20.0. The number of aromatic hydroxyl groups is 1. The van der Waals surface area contributed by atoms with Crippen LogP contribution in [-0.4, -0.2) is 43.8 Å². The van der Waals surface area contributed by atoms with Gasteiger partial charge in [-0.25, -0.2) is 9.59 Å². The van der Waals surface area contributed by atoms with Crippen LogP contribution < -0.4 is 15.8 Å². The molecule has 1 amide bonds. The zero-order valence-electron chi connectivity index (χ0n) is 14.6. The zero-order valence-corrected chi connectivity index (χ0v) is 14.6. The van der Waals surface area contributed by atoms with E-state index < -0.39 is 11.9 Å². The number of nitrogen functional groups attached to an aromatic ring is 1. The van der Waals surface area contributed by atoms with E-state index in [1.54, 1.807) is 12.1 Å². The molecular weight excluding hydrogens is 356 g/mol. The summed E-state index contributed by atoms with van der Waals surface area (Å²) in [4.78, 5) is 33.1. The molecule has 0 fully saturated rings. The summed E-state index contributed by atoms with van der Waals surface area (Å²) in [7, 11) is 2.59. The normalized spacial score (nSPS) is 11.7. The van der Waals surface area contributed by atoms with Gasteiger partial charge in [0.05, 0.1) is 36.7 Å². The number of esters is 2. The van der Waals surface area contributed by atoms with Crippen molar-refractivity contribution >= 4 is 29.2 Å². The summed E-state index contributed by atoms with van der Waals surface area (Å²) in [5.41, 5.74) is 6.72. The summed E-state index contributed by atoms with van der Waals surface area (Å²) in [5.74, 6) is -0.631. The SMILES string of the molecule is COC(=O)c1ccc(O)c(N)c1.COC(=O)c1ccc2c(c1)NC(=O)CO2. The highest BCUT2D eigenvalue weighted by Gasteiger charge is 2.17. The van der Waals surface area contributed by atoms with Gasteiger partial charge < -0.3 is 30.4 Å². The summed E-state index contributed by atoms with van der Waals surface area (Å²) in [5, 5.41) is 11.6. The molecule has 0 aliphatic carbocycles. The molecule has 0 spiro atoms. The highest BCUT2D eigenvalue weighted by molar-refractivity contribution is 5.98. The van der Waals surface area contributed by atoms with Gasteiger partial charge in [-0.2, -0.15) is 0 Å². The number of anilines is 2. The van der Waals surface area contributed by atoms with Crippen LogP contribution in [0.1, 0.15) is 20.7 Å². The van der Waals surface area contributed by atoms with Crippen LogP contribution in [0.2, 0.25) is 0 Å². The molecule has 1 aliphatic rings. The average Bonchev–Trinajstić information content (AvgIpc) is 2.68. The summed E-state index contributed by atoms with van der Waals surface area (Å²) < 4.78 is 14.2. The lowest BCUT2D eigenvalue weighted by molar-refractivity contribution is -0.118. The van der Waals surface area contributed by atoms with Gasteiger partial charge in [0.15, 0.2) is 6.61 Å². The predicted molar refractivity (Wildman–Crippen MR) is 95.8 cm³/mol. The van der Waals surface area contributed by atoms with E-state index in [4.69, 9.17) is 15.6 Å². The summed E-state index contributed by atoms with van der Waals surface area (Å²) in [6.07, 6.45) is 0. The van der Waals surface area contributed by atoms with E-state index in [2.05, 4.69) is 14.8 Å². The van der Waals surface area contributed by atoms with E-state index in [9.17, 15) is 14.4 Å². The third-order valence-corrected chi connectivity index (χ3v) is 3.48. The number of hydrogen-bond acceptors (Lipinski definition) is 8. The van der Waals surface area contributed by atoms with Crippen molar-refractivity contribution in [3.63, 3.8) is 0 Å². The van der Waals surface area contributed by atoms with E-state index in [-0.39, 0.29) is 24.0 Å². The Bertz CT molecular complexity index is 880. The number of carbonyl (C=O) groups is 3. The molecule has 0 saturated carbocycles. The molecule has 27 heavy (non-hydrogen) atoms. The van der Waals surface area contributed by atoms with Gasteiger partial charge in [-0.1, -0.05) is 0 Å². The molecule has 0 atom stereocenters. The number of phenolic OH excluding ortho intramolecular Hbond substituents is 1. The minimum atomic E-state index is -0.471. The second-order valence-electron chi connectivity index (χ2n) is 5.30. The van der Waals surface area contributed by atoms with Gasteiger partial charge in [-0.15, -0.1) is 0 Å².